The first kappa shape index (κ1) is 16.8. The minimum Gasteiger partial charge on any atom is -0.352 e. The van der Waals surface area contributed by atoms with Gasteiger partial charge in [-0.15, -0.1) is 0 Å². The van der Waals surface area contributed by atoms with E-state index in [0.29, 0.717) is 11.6 Å². The molecule has 26 heavy (non-hydrogen) atoms. The maximum absolute atomic E-state index is 9.69. The van der Waals surface area contributed by atoms with Gasteiger partial charge in [0.1, 0.15) is 18.2 Å². The van der Waals surface area contributed by atoms with E-state index in [0.717, 1.165) is 36.4 Å². The third-order valence-corrected chi connectivity index (χ3v) is 4.98. The topological polar surface area (TPSA) is 56.1 Å². The van der Waals surface area contributed by atoms with E-state index in [1.165, 1.54) is 5.56 Å². The lowest BCUT2D eigenvalue weighted by atomic mass is 10.1. The summed E-state index contributed by atoms with van der Waals surface area (Å²) in [5.41, 5.74) is 2.05. The molecule has 0 N–H and O–H groups in total. The summed E-state index contributed by atoms with van der Waals surface area (Å²) in [6.45, 7) is 3.04. The minimum absolute atomic E-state index is 0.179. The molecule has 1 saturated heterocycles. The van der Waals surface area contributed by atoms with Crippen molar-refractivity contribution in [3.05, 3.63) is 65.4 Å². The van der Waals surface area contributed by atoms with Crippen LogP contribution in [0.3, 0.4) is 0 Å². The largest absolute Gasteiger partial charge is 0.352 e. The predicted octanol–water partition coefficient (Wildman–Crippen LogP) is 3.50. The Bertz CT molecular complexity index is 953. The summed E-state index contributed by atoms with van der Waals surface area (Å²) >= 11 is 6.07. The fraction of sp³-hybridized carbons (Fsp3) is 0.250. The van der Waals surface area contributed by atoms with Crippen molar-refractivity contribution in [3.63, 3.8) is 0 Å². The number of rotatable bonds is 3. The summed E-state index contributed by atoms with van der Waals surface area (Å²) in [5.74, 6) is 0.867. The van der Waals surface area contributed by atoms with E-state index in [-0.39, 0.29) is 6.04 Å². The quantitative estimate of drug-likeness (QED) is 0.712. The Kier molecular flexibility index (Phi) is 4.70. The lowest BCUT2D eigenvalue weighted by Gasteiger charge is -2.39. The number of benzene rings is 2. The molecule has 0 bridgehead atoms. The number of nitrogens with zero attached hydrogens (tertiary/aromatic N) is 5. The molecule has 0 spiro atoms. The van der Waals surface area contributed by atoms with Gasteiger partial charge < -0.3 is 4.90 Å². The van der Waals surface area contributed by atoms with Gasteiger partial charge in [-0.05, 0) is 23.8 Å². The zero-order valence-electron chi connectivity index (χ0n) is 14.2. The highest BCUT2D eigenvalue weighted by Crippen LogP contribution is 2.27. The monoisotopic (exact) mass is 363 g/mol. The van der Waals surface area contributed by atoms with Crippen LogP contribution >= 0.6 is 11.6 Å². The van der Waals surface area contributed by atoms with Crippen molar-refractivity contribution in [2.24, 2.45) is 0 Å². The number of fused-ring (bicyclic) bond motifs is 1. The molecule has 5 nitrogen and oxygen atoms in total. The lowest BCUT2D eigenvalue weighted by Crippen LogP contribution is -2.52. The molecule has 6 heteroatoms. The summed E-state index contributed by atoms with van der Waals surface area (Å²) < 4.78 is 0. The van der Waals surface area contributed by atoms with E-state index < -0.39 is 0 Å². The van der Waals surface area contributed by atoms with Gasteiger partial charge in [0, 0.05) is 36.6 Å². The number of anilines is 1. The highest BCUT2D eigenvalue weighted by Gasteiger charge is 2.28. The van der Waals surface area contributed by atoms with Crippen LogP contribution in [0.1, 0.15) is 5.56 Å². The van der Waals surface area contributed by atoms with Crippen LogP contribution in [0, 0.1) is 11.3 Å². The number of aromatic nitrogens is 2. The molecule has 0 radical (unpaired) electrons. The molecule has 0 saturated carbocycles. The Morgan fingerprint density at radius 1 is 1.12 bits per heavy atom. The van der Waals surface area contributed by atoms with E-state index in [1.54, 1.807) is 6.33 Å². The third kappa shape index (κ3) is 3.34. The summed E-state index contributed by atoms with van der Waals surface area (Å²) in [7, 11) is 0. The first-order valence-electron chi connectivity index (χ1n) is 8.57. The standard InChI is InChI=1S/C20H18ClN5/c21-16-6-7-18-19(10-16)23-14-24-20(18)26-9-8-25(17(11-22)13-26)12-15-4-2-1-3-5-15/h1-7,10,14,17H,8-9,12-13H2. The molecule has 0 aliphatic carbocycles. The molecule has 2 aromatic carbocycles. The summed E-state index contributed by atoms with van der Waals surface area (Å²) in [4.78, 5) is 13.2. The number of piperazine rings is 1. The molecule has 1 aromatic heterocycles. The fourth-order valence-corrected chi connectivity index (χ4v) is 3.58. The van der Waals surface area contributed by atoms with Gasteiger partial charge in [0.25, 0.3) is 0 Å². The van der Waals surface area contributed by atoms with E-state index in [9.17, 15) is 5.26 Å². The van der Waals surface area contributed by atoms with E-state index in [1.807, 2.05) is 36.4 Å². The average Bonchev–Trinajstić information content (AvgIpc) is 2.68. The first-order chi connectivity index (χ1) is 12.7. The maximum atomic E-state index is 9.69. The van der Waals surface area contributed by atoms with Crippen LogP contribution in [-0.4, -0.2) is 40.5 Å². The molecule has 0 amide bonds. The van der Waals surface area contributed by atoms with E-state index in [2.05, 4.69) is 38.0 Å². The van der Waals surface area contributed by atoms with Crippen LogP contribution in [0.5, 0.6) is 0 Å². The molecule has 130 valence electrons. The van der Waals surface area contributed by atoms with Crippen molar-refractivity contribution >= 4 is 28.3 Å². The lowest BCUT2D eigenvalue weighted by molar-refractivity contribution is 0.205. The molecule has 2 heterocycles. The summed E-state index contributed by atoms with van der Waals surface area (Å²) in [5, 5.41) is 11.3. The fourth-order valence-electron chi connectivity index (χ4n) is 3.41. The smallest absolute Gasteiger partial charge is 0.140 e. The first-order valence-corrected chi connectivity index (χ1v) is 8.95. The maximum Gasteiger partial charge on any atom is 0.140 e. The van der Waals surface area contributed by atoms with Crippen molar-refractivity contribution in [2.45, 2.75) is 12.6 Å². The molecular weight excluding hydrogens is 346 g/mol. The van der Waals surface area contributed by atoms with Crippen molar-refractivity contribution in [1.82, 2.24) is 14.9 Å². The average molecular weight is 364 g/mol. The Labute approximate surface area is 157 Å². The highest BCUT2D eigenvalue weighted by atomic mass is 35.5. The van der Waals surface area contributed by atoms with Gasteiger partial charge in [0.2, 0.25) is 0 Å². The van der Waals surface area contributed by atoms with Gasteiger partial charge in [0.05, 0.1) is 11.6 Å². The number of hydrogen-bond donors (Lipinski definition) is 0. The second-order valence-corrected chi connectivity index (χ2v) is 6.84. The van der Waals surface area contributed by atoms with Crippen molar-refractivity contribution in [2.75, 3.05) is 24.5 Å². The van der Waals surface area contributed by atoms with Crippen LogP contribution in [0.4, 0.5) is 5.82 Å². The molecule has 3 aromatic rings. The molecule has 4 rings (SSSR count). The Balaban J connectivity index is 1.57. The molecule has 1 unspecified atom stereocenters. The van der Waals surface area contributed by atoms with Crippen LogP contribution < -0.4 is 4.90 Å². The van der Waals surface area contributed by atoms with Gasteiger partial charge in [-0.1, -0.05) is 41.9 Å². The number of hydrogen-bond acceptors (Lipinski definition) is 5. The summed E-state index contributed by atoms with van der Waals surface area (Å²) in [6, 6.07) is 18.2. The molecular formula is C20H18ClN5. The normalized spacial score (nSPS) is 18.0. The molecule has 1 aliphatic heterocycles. The van der Waals surface area contributed by atoms with Crippen molar-refractivity contribution in [3.8, 4) is 6.07 Å². The van der Waals surface area contributed by atoms with Crippen LogP contribution in [-0.2, 0) is 6.54 Å². The third-order valence-electron chi connectivity index (χ3n) is 4.75. The van der Waals surface area contributed by atoms with Crippen LogP contribution in [0.25, 0.3) is 10.9 Å². The molecule has 1 atom stereocenters. The van der Waals surface area contributed by atoms with Gasteiger partial charge >= 0.3 is 0 Å². The molecule has 1 aliphatic rings. The zero-order chi connectivity index (χ0) is 17.9. The second kappa shape index (κ2) is 7.28. The van der Waals surface area contributed by atoms with Gasteiger partial charge in [-0.25, -0.2) is 9.97 Å². The van der Waals surface area contributed by atoms with Crippen molar-refractivity contribution < 1.29 is 0 Å². The molecule has 1 fully saturated rings. The van der Waals surface area contributed by atoms with Gasteiger partial charge in [0.15, 0.2) is 0 Å². The van der Waals surface area contributed by atoms with Crippen LogP contribution in [0.15, 0.2) is 54.9 Å². The second-order valence-electron chi connectivity index (χ2n) is 6.41. The van der Waals surface area contributed by atoms with Gasteiger partial charge in [-0.3, -0.25) is 4.90 Å². The van der Waals surface area contributed by atoms with Gasteiger partial charge in [-0.2, -0.15) is 5.26 Å². The van der Waals surface area contributed by atoms with Crippen LogP contribution in [0.2, 0.25) is 5.02 Å². The Morgan fingerprint density at radius 3 is 2.77 bits per heavy atom. The van der Waals surface area contributed by atoms with E-state index in [4.69, 9.17) is 11.6 Å². The minimum atomic E-state index is -0.179. The van der Waals surface area contributed by atoms with E-state index >= 15 is 0 Å². The SMILES string of the molecule is N#CC1CN(c2ncnc3cc(Cl)ccc23)CCN1Cc1ccccc1. The highest BCUT2D eigenvalue weighted by molar-refractivity contribution is 6.31. The Hall–Kier alpha value is -2.68. The summed E-state index contributed by atoms with van der Waals surface area (Å²) in [6.07, 6.45) is 1.56. The number of nitriles is 1. The Morgan fingerprint density at radius 2 is 1.96 bits per heavy atom. The number of halogens is 1. The zero-order valence-corrected chi connectivity index (χ0v) is 15.0. The predicted molar refractivity (Wildman–Crippen MR) is 103 cm³/mol. The van der Waals surface area contributed by atoms with Crippen molar-refractivity contribution in [1.29, 1.82) is 5.26 Å².